The number of hydrogen-bond donors (Lipinski definition) is 0. The molecule has 1 saturated heterocycles. The van der Waals surface area contributed by atoms with E-state index in [4.69, 9.17) is 0 Å². The van der Waals surface area contributed by atoms with Crippen molar-refractivity contribution < 1.29 is 9.59 Å². The summed E-state index contributed by atoms with van der Waals surface area (Å²) in [6.07, 6.45) is 3.22. The summed E-state index contributed by atoms with van der Waals surface area (Å²) < 4.78 is 0. The first kappa shape index (κ1) is 9.03. The summed E-state index contributed by atoms with van der Waals surface area (Å²) in [5.41, 5.74) is 0. The van der Waals surface area contributed by atoms with E-state index in [2.05, 4.69) is 5.32 Å². The van der Waals surface area contributed by atoms with Crippen LogP contribution in [0.3, 0.4) is 0 Å². The quantitative estimate of drug-likeness (QED) is 0.537. The first-order chi connectivity index (χ1) is 5.70. The average Bonchev–Trinajstić information content (AvgIpc) is 2.05. The Balaban J connectivity index is 2.34. The Hall–Kier alpha value is -1.06. The predicted octanol–water partition coefficient (Wildman–Crippen LogP) is 0.743. The molecule has 4 nitrogen and oxygen atoms in total. The second-order valence-electron chi connectivity index (χ2n) is 2.96. The average molecular weight is 169 g/mol. The predicted molar refractivity (Wildman–Crippen MR) is 43.6 cm³/mol. The molecule has 67 valence electrons. The second-order valence-corrected chi connectivity index (χ2v) is 2.96. The zero-order valence-electron chi connectivity index (χ0n) is 7.25. The molecule has 12 heavy (non-hydrogen) atoms. The van der Waals surface area contributed by atoms with Gasteiger partial charge in [0.2, 0.25) is 5.91 Å². The van der Waals surface area contributed by atoms with Gasteiger partial charge in [-0.25, -0.2) is 4.79 Å². The Morgan fingerprint density at radius 3 is 2.25 bits per heavy atom. The van der Waals surface area contributed by atoms with Crippen molar-refractivity contribution >= 4 is 11.9 Å². The van der Waals surface area contributed by atoms with Gasteiger partial charge in [-0.05, 0) is 19.3 Å². The minimum absolute atomic E-state index is 0.373. The lowest BCUT2D eigenvalue weighted by Gasteiger charge is -2.25. The van der Waals surface area contributed by atoms with Crippen LogP contribution < -0.4 is 5.32 Å². The molecular weight excluding hydrogens is 156 g/mol. The van der Waals surface area contributed by atoms with Crippen molar-refractivity contribution in [3.8, 4) is 0 Å². The first-order valence-corrected chi connectivity index (χ1v) is 4.21. The fraction of sp³-hybridized carbons (Fsp3) is 0.750. The number of amides is 3. The fourth-order valence-electron chi connectivity index (χ4n) is 1.29. The zero-order chi connectivity index (χ0) is 8.97. The summed E-state index contributed by atoms with van der Waals surface area (Å²) in [6, 6.07) is -0.373. The summed E-state index contributed by atoms with van der Waals surface area (Å²) >= 11 is 0. The summed E-state index contributed by atoms with van der Waals surface area (Å²) in [5.74, 6) is -0.412. The van der Waals surface area contributed by atoms with Crippen LogP contribution in [0.25, 0.3) is 0 Å². The Kier molecular flexibility index (Phi) is 3.08. The van der Waals surface area contributed by atoms with Gasteiger partial charge in [0.25, 0.3) is 0 Å². The molecule has 1 fully saturated rings. The van der Waals surface area contributed by atoms with Crippen molar-refractivity contribution in [1.82, 2.24) is 10.2 Å². The highest BCUT2D eigenvalue weighted by molar-refractivity contribution is 5.92. The van der Waals surface area contributed by atoms with Gasteiger partial charge < -0.3 is 4.90 Å². The Morgan fingerprint density at radius 2 is 1.75 bits per heavy atom. The Morgan fingerprint density at radius 1 is 1.17 bits per heavy atom. The van der Waals surface area contributed by atoms with E-state index in [1.54, 1.807) is 4.90 Å². The highest BCUT2D eigenvalue weighted by Crippen LogP contribution is 2.08. The number of carbonyl (C=O) groups excluding carboxylic acids is 2. The molecule has 0 spiro atoms. The van der Waals surface area contributed by atoms with E-state index in [1.807, 2.05) is 0 Å². The molecular formula is C8H13N2O2. The van der Waals surface area contributed by atoms with Crippen LogP contribution in [0.2, 0.25) is 0 Å². The largest absolute Gasteiger partial charge is 0.346 e. The molecule has 0 aliphatic carbocycles. The number of piperidine rings is 1. The topological polar surface area (TPSA) is 51.5 Å². The summed E-state index contributed by atoms with van der Waals surface area (Å²) in [6.45, 7) is 2.78. The van der Waals surface area contributed by atoms with Gasteiger partial charge in [-0.2, -0.15) is 5.32 Å². The maximum Gasteiger partial charge on any atom is 0.346 e. The molecule has 1 heterocycles. The summed E-state index contributed by atoms with van der Waals surface area (Å²) in [5, 5.41) is 3.35. The molecule has 0 saturated carbocycles. The SMILES string of the molecule is CC(=O)[N]C(=O)N1CCCCC1. The maximum atomic E-state index is 11.1. The third-order valence-corrected chi connectivity index (χ3v) is 1.88. The van der Waals surface area contributed by atoms with Crippen molar-refractivity contribution in [2.45, 2.75) is 26.2 Å². The molecule has 4 heteroatoms. The Labute approximate surface area is 71.9 Å². The summed E-state index contributed by atoms with van der Waals surface area (Å²) in [4.78, 5) is 23.3. The first-order valence-electron chi connectivity index (χ1n) is 4.21. The lowest BCUT2D eigenvalue weighted by molar-refractivity contribution is -0.118. The molecule has 0 bridgehead atoms. The number of likely N-dealkylation sites (tertiary alicyclic amines) is 1. The van der Waals surface area contributed by atoms with E-state index in [1.165, 1.54) is 13.3 Å². The fourth-order valence-corrected chi connectivity index (χ4v) is 1.29. The van der Waals surface area contributed by atoms with Crippen LogP contribution in [0.15, 0.2) is 0 Å². The normalized spacial score (nSPS) is 17.2. The van der Waals surface area contributed by atoms with E-state index in [9.17, 15) is 9.59 Å². The number of urea groups is 1. The molecule has 0 aromatic heterocycles. The van der Waals surface area contributed by atoms with E-state index in [0.717, 1.165) is 25.9 Å². The smallest absolute Gasteiger partial charge is 0.323 e. The zero-order valence-corrected chi connectivity index (χ0v) is 7.25. The van der Waals surface area contributed by atoms with Gasteiger partial charge >= 0.3 is 6.03 Å². The molecule has 0 N–H and O–H groups in total. The molecule has 0 aromatic rings. The lowest BCUT2D eigenvalue weighted by Crippen LogP contribution is -2.40. The van der Waals surface area contributed by atoms with Gasteiger partial charge in [0, 0.05) is 20.0 Å². The number of imide groups is 1. The highest BCUT2D eigenvalue weighted by Gasteiger charge is 2.18. The van der Waals surface area contributed by atoms with Crippen LogP contribution in [0.5, 0.6) is 0 Å². The van der Waals surface area contributed by atoms with Crippen LogP contribution >= 0.6 is 0 Å². The van der Waals surface area contributed by atoms with Crippen LogP contribution in [-0.4, -0.2) is 29.9 Å². The standard InChI is InChI=1S/C8H13N2O2/c1-7(11)9-8(12)10-5-3-2-4-6-10/h2-6H2,1H3. The van der Waals surface area contributed by atoms with Crippen LogP contribution in [0.4, 0.5) is 4.79 Å². The second kappa shape index (κ2) is 4.09. The molecule has 1 aliphatic rings. The van der Waals surface area contributed by atoms with Gasteiger partial charge in [-0.15, -0.1) is 0 Å². The van der Waals surface area contributed by atoms with E-state index >= 15 is 0 Å². The van der Waals surface area contributed by atoms with E-state index in [-0.39, 0.29) is 6.03 Å². The van der Waals surface area contributed by atoms with Gasteiger partial charge in [0.15, 0.2) is 0 Å². The van der Waals surface area contributed by atoms with Gasteiger partial charge in [-0.1, -0.05) is 0 Å². The van der Waals surface area contributed by atoms with E-state index in [0.29, 0.717) is 0 Å². The number of rotatable bonds is 0. The van der Waals surface area contributed by atoms with Crippen molar-refractivity contribution in [3.05, 3.63) is 0 Å². The number of hydrogen-bond acceptors (Lipinski definition) is 2. The monoisotopic (exact) mass is 169 g/mol. The molecule has 1 aliphatic heterocycles. The number of nitrogens with zero attached hydrogens (tertiary/aromatic N) is 2. The number of carbonyl (C=O) groups is 2. The molecule has 3 amide bonds. The van der Waals surface area contributed by atoms with Crippen molar-refractivity contribution in [3.63, 3.8) is 0 Å². The van der Waals surface area contributed by atoms with Gasteiger partial charge in [-0.3, -0.25) is 4.79 Å². The minimum atomic E-state index is -0.412. The van der Waals surface area contributed by atoms with Crippen LogP contribution in [-0.2, 0) is 4.79 Å². The van der Waals surface area contributed by atoms with E-state index < -0.39 is 5.91 Å². The highest BCUT2D eigenvalue weighted by atomic mass is 16.2. The Bertz CT molecular complexity index is 185. The maximum absolute atomic E-state index is 11.1. The third kappa shape index (κ3) is 2.53. The molecule has 0 aromatic carbocycles. The molecule has 1 rings (SSSR count). The van der Waals surface area contributed by atoms with Crippen molar-refractivity contribution in [1.29, 1.82) is 0 Å². The van der Waals surface area contributed by atoms with Crippen LogP contribution in [0, 0.1) is 0 Å². The molecule has 0 unspecified atom stereocenters. The van der Waals surface area contributed by atoms with Gasteiger partial charge in [0.05, 0.1) is 0 Å². The molecule has 1 radical (unpaired) electrons. The lowest BCUT2D eigenvalue weighted by atomic mass is 10.1. The molecule has 0 atom stereocenters. The van der Waals surface area contributed by atoms with Gasteiger partial charge in [0.1, 0.15) is 0 Å². The van der Waals surface area contributed by atoms with Crippen molar-refractivity contribution in [2.24, 2.45) is 0 Å². The third-order valence-electron chi connectivity index (χ3n) is 1.88. The van der Waals surface area contributed by atoms with Crippen molar-refractivity contribution in [2.75, 3.05) is 13.1 Å². The summed E-state index contributed by atoms with van der Waals surface area (Å²) in [7, 11) is 0. The minimum Gasteiger partial charge on any atom is -0.323 e. The van der Waals surface area contributed by atoms with Crippen LogP contribution in [0.1, 0.15) is 26.2 Å².